The van der Waals surface area contributed by atoms with E-state index >= 15 is 0 Å². The number of carbonyl (C=O) groups is 2. The Morgan fingerprint density at radius 1 is 1.22 bits per heavy atom. The Hall–Kier alpha value is -2.38. The predicted octanol–water partition coefficient (Wildman–Crippen LogP) is 2.58. The van der Waals surface area contributed by atoms with Crippen LogP contribution in [0.15, 0.2) is 42.5 Å². The van der Waals surface area contributed by atoms with Gasteiger partial charge in [0, 0.05) is 6.08 Å². The van der Waals surface area contributed by atoms with Crippen LogP contribution in [0.2, 0.25) is 0 Å². The Balaban J connectivity index is 2.84. The van der Waals surface area contributed by atoms with E-state index in [1.807, 2.05) is 30.3 Å². The Kier molecular flexibility index (Phi) is 9.53. The second-order valence-corrected chi connectivity index (χ2v) is 6.81. The summed E-state index contributed by atoms with van der Waals surface area (Å²) in [6, 6.07) is 8.63. The summed E-state index contributed by atoms with van der Waals surface area (Å²) in [5, 5.41) is 12.3. The van der Waals surface area contributed by atoms with Crippen LogP contribution in [0.1, 0.15) is 33.3 Å². The molecule has 0 saturated carbocycles. The average molecular weight is 379 g/mol. The zero-order valence-corrected chi connectivity index (χ0v) is 16.3. The zero-order chi connectivity index (χ0) is 20.3. The van der Waals surface area contributed by atoms with Crippen molar-refractivity contribution in [3.63, 3.8) is 0 Å². The first-order valence-corrected chi connectivity index (χ1v) is 8.86. The van der Waals surface area contributed by atoms with Crippen molar-refractivity contribution in [3.05, 3.63) is 48.0 Å². The van der Waals surface area contributed by atoms with Gasteiger partial charge in [0.1, 0.15) is 5.60 Å². The Morgan fingerprint density at radius 3 is 2.44 bits per heavy atom. The first-order chi connectivity index (χ1) is 12.7. The van der Waals surface area contributed by atoms with E-state index in [1.54, 1.807) is 27.7 Å². The summed E-state index contributed by atoms with van der Waals surface area (Å²) in [5.41, 5.74) is 0.242. The van der Waals surface area contributed by atoms with Crippen molar-refractivity contribution in [2.75, 3.05) is 13.2 Å². The molecule has 2 atom stereocenters. The van der Waals surface area contributed by atoms with Gasteiger partial charge in [0.2, 0.25) is 0 Å². The number of nitrogens with one attached hydrogen (secondary N) is 1. The van der Waals surface area contributed by atoms with Crippen LogP contribution in [0.3, 0.4) is 0 Å². The van der Waals surface area contributed by atoms with Gasteiger partial charge in [-0.05, 0) is 39.3 Å². The lowest BCUT2D eigenvalue weighted by atomic mass is 10.1. The van der Waals surface area contributed by atoms with E-state index in [4.69, 9.17) is 14.2 Å². The normalized spacial score (nSPS) is 13.8. The van der Waals surface area contributed by atoms with Crippen molar-refractivity contribution >= 4 is 12.1 Å². The van der Waals surface area contributed by atoms with Gasteiger partial charge < -0.3 is 24.6 Å². The number of ether oxygens (including phenoxy) is 3. The minimum absolute atomic E-state index is 0.241. The molecule has 27 heavy (non-hydrogen) atoms. The number of carbonyl (C=O) groups excluding carboxylic acids is 2. The maximum atomic E-state index is 12.0. The van der Waals surface area contributed by atoms with Gasteiger partial charge in [-0.3, -0.25) is 0 Å². The minimum atomic E-state index is -0.797. The second-order valence-electron chi connectivity index (χ2n) is 6.81. The van der Waals surface area contributed by atoms with Crippen LogP contribution >= 0.6 is 0 Å². The number of alkyl carbamates (subject to hydrolysis) is 1. The highest BCUT2D eigenvalue weighted by molar-refractivity contribution is 5.82. The molecule has 0 aliphatic carbocycles. The molecule has 7 nitrogen and oxygen atoms in total. The molecule has 1 aromatic rings. The fourth-order valence-corrected chi connectivity index (χ4v) is 2.13. The zero-order valence-electron chi connectivity index (χ0n) is 16.3. The largest absolute Gasteiger partial charge is 0.463 e. The molecule has 2 N–H and O–H groups in total. The van der Waals surface area contributed by atoms with Crippen LogP contribution in [0.25, 0.3) is 0 Å². The molecule has 7 heteroatoms. The highest BCUT2D eigenvalue weighted by Crippen LogP contribution is 2.11. The van der Waals surface area contributed by atoms with Crippen LogP contribution in [0, 0.1) is 0 Å². The van der Waals surface area contributed by atoms with Gasteiger partial charge in [-0.1, -0.05) is 30.3 Å². The van der Waals surface area contributed by atoms with Crippen molar-refractivity contribution in [1.29, 1.82) is 0 Å². The highest BCUT2D eigenvalue weighted by atomic mass is 16.6. The molecule has 0 spiro atoms. The fraction of sp³-hybridized carbons (Fsp3) is 0.500. The minimum Gasteiger partial charge on any atom is -0.463 e. The third-order valence-electron chi connectivity index (χ3n) is 3.29. The Morgan fingerprint density at radius 2 is 1.89 bits per heavy atom. The van der Waals surface area contributed by atoms with Crippen molar-refractivity contribution in [2.24, 2.45) is 0 Å². The van der Waals surface area contributed by atoms with Crippen molar-refractivity contribution in [1.82, 2.24) is 5.32 Å². The van der Waals surface area contributed by atoms with E-state index in [2.05, 4.69) is 5.32 Å². The molecule has 0 fully saturated rings. The lowest BCUT2D eigenvalue weighted by Crippen LogP contribution is -2.48. The number of hydrogen-bond donors (Lipinski definition) is 2. The van der Waals surface area contributed by atoms with Gasteiger partial charge in [0.05, 0.1) is 32.0 Å². The SMILES string of the molecule is CCOC(=O)/C=C/[C@@H](OCc1ccccc1)[C@H](CO)NC(=O)OC(C)(C)C. The second kappa shape index (κ2) is 11.4. The first-order valence-electron chi connectivity index (χ1n) is 8.86. The quantitative estimate of drug-likeness (QED) is 0.506. The molecule has 1 rings (SSSR count). The maximum absolute atomic E-state index is 12.0. The third kappa shape index (κ3) is 9.77. The van der Waals surface area contributed by atoms with E-state index in [9.17, 15) is 14.7 Å². The van der Waals surface area contributed by atoms with Gasteiger partial charge in [-0.25, -0.2) is 9.59 Å². The van der Waals surface area contributed by atoms with Gasteiger partial charge in [-0.15, -0.1) is 0 Å². The van der Waals surface area contributed by atoms with E-state index < -0.39 is 36.4 Å². The summed E-state index contributed by atoms with van der Waals surface area (Å²) >= 11 is 0. The average Bonchev–Trinajstić information content (AvgIpc) is 2.59. The summed E-state index contributed by atoms with van der Waals surface area (Å²) in [5.74, 6) is -0.528. The Bertz CT molecular complexity index is 609. The summed E-state index contributed by atoms with van der Waals surface area (Å²) in [6.45, 7) is 7.02. The number of aliphatic hydroxyl groups is 1. The number of benzene rings is 1. The molecular formula is C20H29NO6. The van der Waals surface area contributed by atoms with Crippen molar-refractivity contribution < 1.29 is 28.9 Å². The van der Waals surface area contributed by atoms with Crippen LogP contribution in [0.4, 0.5) is 4.79 Å². The monoisotopic (exact) mass is 379 g/mol. The smallest absolute Gasteiger partial charge is 0.408 e. The molecule has 0 bridgehead atoms. The van der Waals surface area contributed by atoms with Gasteiger partial charge in [-0.2, -0.15) is 0 Å². The van der Waals surface area contributed by atoms with Crippen LogP contribution in [0.5, 0.6) is 0 Å². The topological polar surface area (TPSA) is 94.1 Å². The van der Waals surface area contributed by atoms with Crippen LogP contribution < -0.4 is 5.32 Å². The molecule has 1 aromatic carbocycles. The number of rotatable bonds is 9. The first kappa shape index (κ1) is 22.7. The van der Waals surface area contributed by atoms with E-state index in [0.717, 1.165) is 5.56 Å². The summed E-state index contributed by atoms with van der Waals surface area (Å²) in [7, 11) is 0. The molecule has 0 saturated heterocycles. The molecule has 0 radical (unpaired) electrons. The summed E-state index contributed by atoms with van der Waals surface area (Å²) in [4.78, 5) is 23.6. The summed E-state index contributed by atoms with van der Waals surface area (Å²) in [6.07, 6.45) is 1.24. The summed E-state index contributed by atoms with van der Waals surface area (Å²) < 4.78 is 15.9. The van der Waals surface area contributed by atoms with Crippen molar-refractivity contribution in [3.8, 4) is 0 Å². The maximum Gasteiger partial charge on any atom is 0.408 e. The number of hydrogen-bond acceptors (Lipinski definition) is 6. The van der Waals surface area contributed by atoms with Gasteiger partial charge in [0.25, 0.3) is 0 Å². The molecule has 0 heterocycles. The van der Waals surface area contributed by atoms with Crippen molar-refractivity contribution in [2.45, 2.75) is 52.0 Å². The molecule has 1 amide bonds. The molecule has 0 unspecified atom stereocenters. The molecular weight excluding hydrogens is 350 g/mol. The van der Waals surface area contributed by atoms with E-state index in [0.29, 0.717) is 0 Å². The Labute approximate surface area is 160 Å². The van der Waals surface area contributed by atoms with Crippen LogP contribution in [-0.4, -0.2) is 48.1 Å². The highest BCUT2D eigenvalue weighted by Gasteiger charge is 2.25. The number of aliphatic hydroxyl groups excluding tert-OH is 1. The third-order valence-corrected chi connectivity index (χ3v) is 3.29. The van der Waals surface area contributed by atoms with E-state index in [-0.39, 0.29) is 13.2 Å². The number of esters is 1. The van der Waals surface area contributed by atoms with Gasteiger partial charge in [0.15, 0.2) is 0 Å². The standard InChI is InChI=1S/C20H29NO6/c1-5-25-18(23)12-11-17(26-14-15-9-7-6-8-10-15)16(13-22)21-19(24)27-20(2,3)4/h6-12,16-17,22H,5,13-14H2,1-4H3,(H,21,24)/b12-11+/t16-,17+/m0/s1. The van der Waals surface area contributed by atoms with E-state index in [1.165, 1.54) is 12.2 Å². The predicted molar refractivity (Wildman–Crippen MR) is 101 cm³/mol. The molecule has 150 valence electrons. The lowest BCUT2D eigenvalue weighted by molar-refractivity contribution is -0.137. The number of amides is 1. The fourth-order valence-electron chi connectivity index (χ4n) is 2.13. The van der Waals surface area contributed by atoms with Crippen LogP contribution in [-0.2, 0) is 25.6 Å². The molecule has 0 aliphatic heterocycles. The molecule has 0 aliphatic rings. The van der Waals surface area contributed by atoms with Gasteiger partial charge >= 0.3 is 12.1 Å². The lowest BCUT2D eigenvalue weighted by Gasteiger charge is -2.26. The molecule has 0 aromatic heterocycles.